The molecule has 0 radical (unpaired) electrons. The van der Waals surface area contributed by atoms with Crippen LogP contribution in [-0.2, 0) is 4.79 Å². The number of ketones is 1. The maximum Gasteiger partial charge on any atom is 0.264 e. The molecule has 1 fully saturated rings. The SMILES string of the molecule is COc1csc(C(=O)N2CCC(=O)CC2)c1. The first-order chi connectivity index (χ1) is 7.70. The van der Waals surface area contributed by atoms with E-state index in [1.54, 1.807) is 18.1 Å². The van der Waals surface area contributed by atoms with Crippen molar-refractivity contribution in [2.45, 2.75) is 12.8 Å². The summed E-state index contributed by atoms with van der Waals surface area (Å²) in [6.45, 7) is 1.08. The van der Waals surface area contributed by atoms with Crippen molar-refractivity contribution in [1.82, 2.24) is 4.90 Å². The maximum absolute atomic E-state index is 12.0. The van der Waals surface area contributed by atoms with Crippen LogP contribution < -0.4 is 4.74 Å². The Hall–Kier alpha value is -1.36. The van der Waals surface area contributed by atoms with Crippen molar-refractivity contribution in [1.29, 1.82) is 0 Å². The number of Topliss-reactive ketones (excluding diaryl/α,β-unsaturated/α-hetero) is 1. The number of thiophene rings is 1. The Morgan fingerprint density at radius 3 is 2.69 bits per heavy atom. The van der Waals surface area contributed by atoms with Crippen LogP contribution >= 0.6 is 11.3 Å². The smallest absolute Gasteiger partial charge is 0.264 e. The molecule has 0 aliphatic carbocycles. The molecule has 0 bridgehead atoms. The second-order valence-corrected chi connectivity index (χ2v) is 4.59. The van der Waals surface area contributed by atoms with Gasteiger partial charge < -0.3 is 9.64 Å². The Balaban J connectivity index is 2.04. The van der Waals surface area contributed by atoms with Gasteiger partial charge in [0.05, 0.1) is 12.0 Å². The lowest BCUT2D eigenvalue weighted by atomic mass is 10.1. The zero-order chi connectivity index (χ0) is 11.5. The molecule has 1 aliphatic heterocycles. The highest BCUT2D eigenvalue weighted by molar-refractivity contribution is 7.12. The number of hydrogen-bond acceptors (Lipinski definition) is 4. The average Bonchev–Trinajstić information content (AvgIpc) is 2.77. The molecule has 2 heterocycles. The first kappa shape index (κ1) is 11.1. The van der Waals surface area contributed by atoms with E-state index in [0.29, 0.717) is 36.6 Å². The number of hydrogen-bond donors (Lipinski definition) is 0. The van der Waals surface area contributed by atoms with Gasteiger partial charge in [-0.1, -0.05) is 0 Å². The maximum atomic E-state index is 12.0. The summed E-state index contributed by atoms with van der Waals surface area (Å²) in [5, 5.41) is 1.81. The Kier molecular flexibility index (Phi) is 3.24. The van der Waals surface area contributed by atoms with Gasteiger partial charge in [-0.25, -0.2) is 0 Å². The van der Waals surface area contributed by atoms with E-state index in [-0.39, 0.29) is 11.7 Å². The highest BCUT2D eigenvalue weighted by atomic mass is 32.1. The van der Waals surface area contributed by atoms with Crippen LogP contribution in [0.5, 0.6) is 5.75 Å². The number of carbonyl (C=O) groups excluding carboxylic acids is 2. The van der Waals surface area contributed by atoms with Crippen molar-refractivity contribution in [3.05, 3.63) is 16.3 Å². The van der Waals surface area contributed by atoms with Gasteiger partial charge in [-0.15, -0.1) is 11.3 Å². The molecule has 0 aromatic carbocycles. The van der Waals surface area contributed by atoms with Gasteiger partial charge in [-0.3, -0.25) is 9.59 Å². The molecule has 1 amide bonds. The third kappa shape index (κ3) is 2.24. The van der Waals surface area contributed by atoms with Gasteiger partial charge >= 0.3 is 0 Å². The van der Waals surface area contributed by atoms with Crippen molar-refractivity contribution in [3.8, 4) is 5.75 Å². The van der Waals surface area contributed by atoms with E-state index in [0.717, 1.165) is 0 Å². The van der Waals surface area contributed by atoms with E-state index < -0.39 is 0 Å². The predicted octanol–water partition coefficient (Wildman–Crippen LogP) is 1.56. The van der Waals surface area contributed by atoms with Crippen LogP contribution in [0, 0.1) is 0 Å². The molecule has 1 saturated heterocycles. The summed E-state index contributed by atoms with van der Waals surface area (Å²) < 4.78 is 5.03. The van der Waals surface area contributed by atoms with Crippen LogP contribution in [0.3, 0.4) is 0 Å². The summed E-state index contributed by atoms with van der Waals surface area (Å²) >= 11 is 1.38. The van der Waals surface area contributed by atoms with Gasteiger partial charge in [0.25, 0.3) is 5.91 Å². The molecule has 16 heavy (non-hydrogen) atoms. The number of ether oxygens (including phenoxy) is 1. The highest BCUT2D eigenvalue weighted by Crippen LogP contribution is 2.23. The summed E-state index contributed by atoms with van der Waals surface area (Å²) in [5.74, 6) is 0.954. The van der Waals surface area contributed by atoms with E-state index in [9.17, 15) is 9.59 Å². The first-order valence-corrected chi connectivity index (χ1v) is 6.02. The predicted molar refractivity (Wildman–Crippen MR) is 61.0 cm³/mol. The zero-order valence-corrected chi connectivity index (χ0v) is 9.88. The van der Waals surface area contributed by atoms with Crippen molar-refractivity contribution in [2.75, 3.05) is 20.2 Å². The van der Waals surface area contributed by atoms with Gasteiger partial charge in [-0.2, -0.15) is 0 Å². The molecule has 0 unspecified atom stereocenters. The highest BCUT2D eigenvalue weighted by Gasteiger charge is 2.22. The summed E-state index contributed by atoms with van der Waals surface area (Å²) in [6.07, 6.45) is 0.961. The summed E-state index contributed by atoms with van der Waals surface area (Å²) in [5.41, 5.74) is 0. The van der Waals surface area contributed by atoms with Crippen LogP contribution in [-0.4, -0.2) is 36.8 Å². The fourth-order valence-electron chi connectivity index (χ4n) is 1.65. The molecule has 0 atom stereocenters. The third-order valence-electron chi connectivity index (χ3n) is 2.63. The quantitative estimate of drug-likeness (QED) is 0.787. The van der Waals surface area contributed by atoms with Crippen LogP contribution in [0.15, 0.2) is 11.4 Å². The monoisotopic (exact) mass is 239 g/mol. The third-order valence-corrected chi connectivity index (χ3v) is 3.53. The lowest BCUT2D eigenvalue weighted by molar-refractivity contribution is -0.120. The molecule has 5 heteroatoms. The number of piperidine rings is 1. The Bertz CT molecular complexity index is 403. The molecular weight excluding hydrogens is 226 g/mol. The van der Waals surface area contributed by atoms with Gasteiger partial charge in [0, 0.05) is 37.4 Å². The minimum Gasteiger partial charge on any atom is -0.496 e. The van der Waals surface area contributed by atoms with Crippen LogP contribution in [0.4, 0.5) is 0 Å². The van der Waals surface area contributed by atoms with E-state index in [4.69, 9.17) is 4.74 Å². The van der Waals surface area contributed by atoms with Crippen molar-refractivity contribution >= 4 is 23.0 Å². The first-order valence-electron chi connectivity index (χ1n) is 5.14. The Morgan fingerprint density at radius 1 is 1.44 bits per heavy atom. The minimum absolute atomic E-state index is 0.000741. The van der Waals surface area contributed by atoms with Crippen LogP contribution in [0.2, 0.25) is 0 Å². The number of methoxy groups -OCH3 is 1. The normalized spacial score (nSPS) is 16.3. The second kappa shape index (κ2) is 4.65. The van der Waals surface area contributed by atoms with Gasteiger partial charge in [0.1, 0.15) is 11.5 Å². The molecule has 1 aromatic rings. The van der Waals surface area contributed by atoms with Crippen molar-refractivity contribution in [2.24, 2.45) is 0 Å². The molecule has 0 saturated carbocycles. The van der Waals surface area contributed by atoms with Crippen LogP contribution in [0.25, 0.3) is 0 Å². The Labute approximate surface area is 97.8 Å². The van der Waals surface area contributed by atoms with Crippen LogP contribution in [0.1, 0.15) is 22.5 Å². The standard InChI is InChI=1S/C11H13NO3S/c1-15-9-6-10(16-7-9)11(14)12-4-2-8(13)3-5-12/h6-7H,2-5H2,1H3. The van der Waals surface area contributed by atoms with E-state index >= 15 is 0 Å². The zero-order valence-electron chi connectivity index (χ0n) is 9.06. The fraction of sp³-hybridized carbons (Fsp3) is 0.455. The average molecular weight is 239 g/mol. The number of amides is 1. The van der Waals surface area contributed by atoms with Gasteiger partial charge in [-0.05, 0) is 0 Å². The number of carbonyl (C=O) groups is 2. The summed E-state index contributed by atoms with van der Waals surface area (Å²) in [6, 6.07) is 1.74. The molecule has 0 spiro atoms. The molecule has 4 nitrogen and oxygen atoms in total. The number of rotatable bonds is 2. The van der Waals surface area contributed by atoms with Crippen molar-refractivity contribution in [3.63, 3.8) is 0 Å². The van der Waals surface area contributed by atoms with E-state index in [2.05, 4.69) is 0 Å². The van der Waals surface area contributed by atoms with Gasteiger partial charge in [0.15, 0.2) is 0 Å². The number of likely N-dealkylation sites (tertiary alicyclic amines) is 1. The molecule has 2 rings (SSSR count). The largest absolute Gasteiger partial charge is 0.496 e. The fourth-order valence-corrected chi connectivity index (χ4v) is 2.47. The lowest BCUT2D eigenvalue weighted by Crippen LogP contribution is -2.38. The molecule has 1 aromatic heterocycles. The second-order valence-electron chi connectivity index (χ2n) is 3.68. The Morgan fingerprint density at radius 2 is 2.12 bits per heavy atom. The van der Waals surface area contributed by atoms with Crippen molar-refractivity contribution < 1.29 is 14.3 Å². The van der Waals surface area contributed by atoms with E-state index in [1.165, 1.54) is 11.3 Å². The summed E-state index contributed by atoms with van der Waals surface area (Å²) in [7, 11) is 1.58. The van der Waals surface area contributed by atoms with E-state index in [1.807, 2.05) is 5.38 Å². The molecule has 0 N–H and O–H groups in total. The number of nitrogens with zero attached hydrogens (tertiary/aromatic N) is 1. The minimum atomic E-state index is 0.000741. The lowest BCUT2D eigenvalue weighted by Gasteiger charge is -2.25. The molecular formula is C11H13NO3S. The summed E-state index contributed by atoms with van der Waals surface area (Å²) in [4.78, 5) is 25.5. The molecule has 1 aliphatic rings. The van der Waals surface area contributed by atoms with Gasteiger partial charge in [0.2, 0.25) is 0 Å². The molecule has 86 valence electrons. The topological polar surface area (TPSA) is 46.6 Å².